The van der Waals surface area contributed by atoms with E-state index in [0.29, 0.717) is 0 Å². The first-order valence-electron chi connectivity index (χ1n) is 1.95. The van der Waals surface area contributed by atoms with E-state index in [-0.39, 0.29) is 0 Å². The van der Waals surface area contributed by atoms with Crippen molar-refractivity contribution in [2.75, 3.05) is 12.5 Å². The van der Waals surface area contributed by atoms with Crippen molar-refractivity contribution in [1.29, 1.82) is 0 Å². The van der Waals surface area contributed by atoms with E-state index in [1.54, 1.807) is 21.6 Å². The van der Waals surface area contributed by atoms with Crippen molar-refractivity contribution in [3.05, 3.63) is 0 Å². The highest BCUT2D eigenvalue weighted by Gasteiger charge is 1.77. The maximum Gasteiger partial charge on any atom is 0.418 e. The molecular formula is C3H10N2O2S2. The molecule has 56 valence electrons. The van der Waals surface area contributed by atoms with Crippen LogP contribution in [0.3, 0.4) is 0 Å². The summed E-state index contributed by atoms with van der Waals surface area (Å²) in [5.41, 5.74) is 1.44. The lowest BCUT2D eigenvalue weighted by molar-refractivity contribution is 0.194. The van der Waals surface area contributed by atoms with E-state index in [2.05, 4.69) is 18.4 Å². The third-order valence-electron chi connectivity index (χ3n) is 0.290. The van der Waals surface area contributed by atoms with Crippen LogP contribution in [-0.2, 0) is 0 Å². The predicted molar refractivity (Wildman–Crippen MR) is 42.4 cm³/mol. The molecule has 4 nitrogen and oxygen atoms in total. The first-order chi connectivity index (χ1) is 4.18. The number of rotatable bonds is 1. The molecule has 4 N–H and O–H groups in total. The molecule has 0 saturated heterocycles. The Morgan fingerprint density at radius 2 is 1.78 bits per heavy atom. The van der Waals surface area contributed by atoms with Crippen molar-refractivity contribution >= 4 is 27.7 Å². The Morgan fingerprint density at radius 3 is 1.78 bits per heavy atom. The van der Waals surface area contributed by atoms with Crippen LogP contribution in [-0.4, -0.2) is 23.7 Å². The van der Waals surface area contributed by atoms with Gasteiger partial charge in [0.25, 0.3) is 0 Å². The van der Waals surface area contributed by atoms with E-state index in [1.165, 1.54) is 5.43 Å². The molecule has 0 heterocycles. The fraction of sp³-hybridized carbons (Fsp3) is 0.667. The minimum absolute atomic E-state index is 1.22. The minimum Gasteiger partial charge on any atom is -0.464 e. The van der Waals surface area contributed by atoms with Crippen LogP contribution in [0.5, 0.6) is 0 Å². The van der Waals surface area contributed by atoms with Gasteiger partial charge >= 0.3 is 6.09 Å². The summed E-state index contributed by atoms with van der Waals surface area (Å²) in [5, 5.41) is 7.49. The molecule has 0 saturated carbocycles. The first kappa shape index (κ1) is 11.7. The molecule has 0 bridgehead atoms. The Bertz CT molecular complexity index is 68.8. The number of hydrogen-bond acceptors (Lipinski definition) is 4. The number of hydrogen-bond donors (Lipinski definition) is 3. The zero-order chi connectivity index (χ0) is 7.70. The number of amides is 1. The van der Waals surface area contributed by atoms with Crippen LogP contribution in [0, 0.1) is 0 Å². The Balaban J connectivity index is 0. The second-order valence-electron chi connectivity index (χ2n) is 0.783. The van der Waals surface area contributed by atoms with E-state index in [4.69, 9.17) is 9.90 Å². The second kappa shape index (κ2) is 10.8. The number of carboxylic acid groups (broad SMARTS) is 1. The molecule has 0 aromatic rings. The summed E-state index contributed by atoms with van der Waals surface area (Å²) in [4.78, 5) is 9.13. The minimum atomic E-state index is -1.22. The Labute approximate surface area is 61.9 Å². The summed E-state index contributed by atoms with van der Waals surface area (Å²) in [7, 11) is 3.55. The largest absolute Gasteiger partial charge is 0.464 e. The SMILES string of the molecule is CSSC.NNC(=O)O. The molecule has 0 unspecified atom stereocenters. The molecule has 0 aliphatic rings. The molecule has 0 atom stereocenters. The molecular weight excluding hydrogens is 160 g/mol. The highest BCUT2D eigenvalue weighted by atomic mass is 33.1. The van der Waals surface area contributed by atoms with Gasteiger partial charge in [0, 0.05) is 0 Å². The number of nitrogens with one attached hydrogen (secondary N) is 1. The van der Waals surface area contributed by atoms with E-state index >= 15 is 0 Å². The summed E-state index contributed by atoms with van der Waals surface area (Å²) in [6.07, 6.45) is 2.90. The van der Waals surface area contributed by atoms with E-state index in [1.807, 2.05) is 0 Å². The van der Waals surface area contributed by atoms with Crippen LogP contribution < -0.4 is 11.3 Å². The summed E-state index contributed by atoms with van der Waals surface area (Å²) in [6.45, 7) is 0. The third-order valence-corrected chi connectivity index (χ3v) is 1.62. The molecule has 6 heteroatoms. The first-order valence-corrected chi connectivity index (χ1v) is 4.92. The van der Waals surface area contributed by atoms with Gasteiger partial charge < -0.3 is 5.11 Å². The second-order valence-corrected chi connectivity index (χ2v) is 3.45. The Morgan fingerprint density at radius 1 is 1.56 bits per heavy atom. The average Bonchev–Trinajstić information content (AvgIpc) is 1.89. The Kier molecular flexibility index (Phi) is 14.1. The maximum absolute atomic E-state index is 9.13. The molecule has 0 aliphatic heterocycles. The zero-order valence-corrected chi connectivity index (χ0v) is 6.88. The fourth-order valence-corrected chi connectivity index (χ4v) is 0. The van der Waals surface area contributed by atoms with Gasteiger partial charge in [0.1, 0.15) is 0 Å². The van der Waals surface area contributed by atoms with Gasteiger partial charge in [0.2, 0.25) is 0 Å². The highest BCUT2D eigenvalue weighted by Crippen LogP contribution is 2.09. The van der Waals surface area contributed by atoms with Crippen LogP contribution >= 0.6 is 21.6 Å². The lowest BCUT2D eigenvalue weighted by Crippen LogP contribution is -2.27. The molecule has 0 aliphatic carbocycles. The van der Waals surface area contributed by atoms with Gasteiger partial charge in [0.05, 0.1) is 0 Å². The van der Waals surface area contributed by atoms with Crippen LogP contribution in [0.4, 0.5) is 4.79 Å². The average molecular weight is 170 g/mol. The van der Waals surface area contributed by atoms with Gasteiger partial charge in [-0.1, -0.05) is 21.6 Å². The number of nitrogens with two attached hydrogens (primary N) is 1. The summed E-state index contributed by atoms with van der Waals surface area (Å²) >= 11 is 0. The standard InChI is InChI=1S/C2H6S2.CH4N2O2/c1-3-4-2;2-3-1(4)5/h1-2H3;3H,2H2,(H,4,5). The van der Waals surface area contributed by atoms with Crippen molar-refractivity contribution in [3.8, 4) is 0 Å². The van der Waals surface area contributed by atoms with Crippen molar-refractivity contribution in [2.24, 2.45) is 5.84 Å². The Hall–Kier alpha value is -0.0700. The van der Waals surface area contributed by atoms with Crippen molar-refractivity contribution in [1.82, 2.24) is 5.43 Å². The van der Waals surface area contributed by atoms with E-state index in [9.17, 15) is 0 Å². The molecule has 1 amide bonds. The monoisotopic (exact) mass is 170 g/mol. The topological polar surface area (TPSA) is 75.3 Å². The van der Waals surface area contributed by atoms with Gasteiger partial charge in [-0.25, -0.2) is 10.6 Å². The van der Waals surface area contributed by atoms with Crippen molar-refractivity contribution in [3.63, 3.8) is 0 Å². The predicted octanol–water partition coefficient (Wildman–Crippen LogP) is 0.755. The summed E-state index contributed by atoms with van der Waals surface area (Å²) in [5.74, 6) is 4.32. The van der Waals surface area contributed by atoms with Crippen LogP contribution in [0.2, 0.25) is 0 Å². The van der Waals surface area contributed by atoms with E-state index < -0.39 is 6.09 Å². The third kappa shape index (κ3) is 32.5. The van der Waals surface area contributed by atoms with Crippen molar-refractivity contribution in [2.45, 2.75) is 0 Å². The van der Waals surface area contributed by atoms with Gasteiger partial charge in [-0.2, -0.15) is 0 Å². The molecule has 0 radical (unpaired) electrons. The molecule has 0 fully saturated rings. The molecule has 0 aromatic heterocycles. The van der Waals surface area contributed by atoms with Crippen LogP contribution in [0.1, 0.15) is 0 Å². The lowest BCUT2D eigenvalue weighted by atomic mass is 11.3. The van der Waals surface area contributed by atoms with Gasteiger partial charge in [0.15, 0.2) is 0 Å². The fourth-order valence-electron chi connectivity index (χ4n) is 0. The quantitative estimate of drug-likeness (QED) is 0.234. The summed E-state index contributed by atoms with van der Waals surface area (Å²) in [6, 6.07) is 0. The lowest BCUT2D eigenvalue weighted by Gasteiger charge is -1.79. The van der Waals surface area contributed by atoms with Crippen LogP contribution in [0.25, 0.3) is 0 Å². The molecule has 9 heavy (non-hydrogen) atoms. The smallest absolute Gasteiger partial charge is 0.418 e. The maximum atomic E-state index is 9.13. The molecule has 0 aromatic carbocycles. The highest BCUT2D eigenvalue weighted by molar-refractivity contribution is 8.76. The summed E-state index contributed by atoms with van der Waals surface area (Å²) < 4.78 is 0. The molecule has 0 rings (SSSR count). The van der Waals surface area contributed by atoms with Crippen LogP contribution in [0.15, 0.2) is 0 Å². The van der Waals surface area contributed by atoms with Gasteiger partial charge in [-0.05, 0) is 12.5 Å². The normalized spacial score (nSPS) is 7.00. The van der Waals surface area contributed by atoms with Gasteiger partial charge in [-0.3, -0.25) is 5.43 Å². The van der Waals surface area contributed by atoms with Crippen molar-refractivity contribution < 1.29 is 9.90 Å². The van der Waals surface area contributed by atoms with E-state index in [0.717, 1.165) is 0 Å². The zero-order valence-electron chi connectivity index (χ0n) is 5.25. The molecule has 0 spiro atoms. The van der Waals surface area contributed by atoms with Gasteiger partial charge in [-0.15, -0.1) is 0 Å². The number of carbonyl (C=O) groups is 1. The number of hydrazine groups is 1.